The number of alkyl halides is 1. The van der Waals surface area contributed by atoms with E-state index in [1.54, 1.807) is 0 Å². The van der Waals surface area contributed by atoms with Crippen molar-refractivity contribution in [2.45, 2.75) is 49.5 Å². The zero-order valence-electron chi connectivity index (χ0n) is 7.97. The van der Waals surface area contributed by atoms with Crippen LogP contribution >= 0.6 is 11.6 Å². The van der Waals surface area contributed by atoms with Crippen molar-refractivity contribution in [3.05, 3.63) is 0 Å². The molecule has 3 fully saturated rings. The molecule has 1 saturated heterocycles. The lowest BCUT2D eigenvalue weighted by Crippen LogP contribution is -2.44. The summed E-state index contributed by atoms with van der Waals surface area (Å²) in [5.41, 5.74) is 0.230. The third-order valence-electron chi connectivity index (χ3n) is 4.31. The Bertz CT molecular complexity index is 218. The molecule has 13 heavy (non-hydrogen) atoms. The molecule has 3 aliphatic rings. The first kappa shape index (κ1) is 8.55. The highest BCUT2D eigenvalue weighted by Gasteiger charge is 2.53. The van der Waals surface area contributed by atoms with E-state index in [4.69, 9.17) is 16.3 Å². The predicted octanol–water partition coefficient (Wildman–Crippen LogP) is 2.96. The summed E-state index contributed by atoms with van der Waals surface area (Å²) in [5.74, 6) is 1.81. The average Bonchev–Trinajstić information content (AvgIpc) is 2.63. The maximum atomic E-state index is 6.24. The van der Waals surface area contributed by atoms with E-state index in [2.05, 4.69) is 0 Å². The molecule has 0 aromatic heterocycles. The second kappa shape index (κ2) is 2.87. The molecule has 1 heterocycles. The fourth-order valence-corrected chi connectivity index (χ4v) is 4.10. The summed E-state index contributed by atoms with van der Waals surface area (Å²) in [6.07, 6.45) is 7.75. The van der Waals surface area contributed by atoms with E-state index >= 15 is 0 Å². The second-order valence-electron chi connectivity index (χ2n) is 5.08. The fourth-order valence-electron chi connectivity index (χ4n) is 3.75. The van der Waals surface area contributed by atoms with Gasteiger partial charge in [-0.2, -0.15) is 0 Å². The summed E-state index contributed by atoms with van der Waals surface area (Å²) in [6, 6.07) is 0. The number of rotatable bonds is 0. The molecule has 1 nitrogen and oxygen atoms in total. The van der Waals surface area contributed by atoms with Gasteiger partial charge in [0.05, 0.1) is 5.60 Å². The summed E-state index contributed by atoms with van der Waals surface area (Å²) in [5, 5.41) is 0.382. The number of hydrogen-bond donors (Lipinski definition) is 0. The van der Waals surface area contributed by atoms with Crippen molar-refractivity contribution in [3.8, 4) is 0 Å². The number of halogens is 1. The smallest absolute Gasteiger partial charge is 0.0727 e. The Morgan fingerprint density at radius 2 is 2.08 bits per heavy atom. The van der Waals surface area contributed by atoms with Crippen molar-refractivity contribution in [1.82, 2.24) is 0 Å². The van der Waals surface area contributed by atoms with Gasteiger partial charge < -0.3 is 4.74 Å². The average molecular weight is 201 g/mol. The molecule has 4 atom stereocenters. The third-order valence-corrected chi connectivity index (χ3v) is 4.68. The van der Waals surface area contributed by atoms with Crippen molar-refractivity contribution in [2.75, 3.05) is 6.61 Å². The molecule has 0 amide bonds. The number of hydrogen-bond acceptors (Lipinski definition) is 1. The van der Waals surface area contributed by atoms with Gasteiger partial charge in [-0.15, -0.1) is 11.6 Å². The van der Waals surface area contributed by atoms with Crippen LogP contribution in [0.5, 0.6) is 0 Å². The molecule has 2 bridgehead atoms. The lowest BCUT2D eigenvalue weighted by molar-refractivity contribution is -0.110. The van der Waals surface area contributed by atoms with Gasteiger partial charge in [-0.25, -0.2) is 0 Å². The molecule has 1 spiro atoms. The lowest BCUT2D eigenvalue weighted by atomic mass is 9.79. The molecule has 74 valence electrons. The fraction of sp³-hybridized carbons (Fsp3) is 1.00. The van der Waals surface area contributed by atoms with Gasteiger partial charge in [-0.05, 0) is 50.4 Å². The summed E-state index contributed by atoms with van der Waals surface area (Å²) in [7, 11) is 0. The van der Waals surface area contributed by atoms with Crippen LogP contribution in [0.2, 0.25) is 0 Å². The zero-order valence-corrected chi connectivity index (χ0v) is 8.72. The topological polar surface area (TPSA) is 9.23 Å². The molecule has 0 radical (unpaired) electrons. The van der Waals surface area contributed by atoms with E-state index in [0.717, 1.165) is 31.3 Å². The van der Waals surface area contributed by atoms with Crippen LogP contribution in [0.15, 0.2) is 0 Å². The van der Waals surface area contributed by atoms with Crippen LogP contribution < -0.4 is 0 Å². The molecule has 0 N–H and O–H groups in total. The van der Waals surface area contributed by atoms with Crippen molar-refractivity contribution in [1.29, 1.82) is 0 Å². The third kappa shape index (κ3) is 1.24. The van der Waals surface area contributed by atoms with Crippen LogP contribution in [-0.2, 0) is 4.74 Å². The molecule has 3 rings (SSSR count). The summed E-state index contributed by atoms with van der Waals surface area (Å²) < 4.78 is 6.05. The van der Waals surface area contributed by atoms with Crippen LogP contribution in [0.25, 0.3) is 0 Å². The lowest BCUT2D eigenvalue weighted by Gasteiger charge is -2.42. The Labute approximate surface area is 84.8 Å². The zero-order chi connectivity index (χ0) is 8.89. The van der Waals surface area contributed by atoms with Crippen LogP contribution in [0, 0.1) is 11.8 Å². The summed E-state index contributed by atoms with van der Waals surface area (Å²) in [4.78, 5) is 0. The Kier molecular flexibility index (Phi) is 1.89. The highest BCUT2D eigenvalue weighted by molar-refractivity contribution is 6.20. The molecular formula is C11H17ClO. The molecular weight excluding hydrogens is 184 g/mol. The SMILES string of the molecule is ClC1CCOC2(C1)CC1CCC2C1. The van der Waals surface area contributed by atoms with Crippen molar-refractivity contribution >= 4 is 11.6 Å². The maximum Gasteiger partial charge on any atom is 0.0727 e. The Morgan fingerprint density at radius 1 is 1.15 bits per heavy atom. The van der Waals surface area contributed by atoms with Crippen molar-refractivity contribution in [2.24, 2.45) is 11.8 Å². The molecule has 0 aromatic carbocycles. The van der Waals surface area contributed by atoms with Crippen molar-refractivity contribution in [3.63, 3.8) is 0 Å². The number of fused-ring (bicyclic) bond motifs is 3. The monoisotopic (exact) mass is 200 g/mol. The van der Waals surface area contributed by atoms with E-state index in [0.29, 0.717) is 5.38 Å². The first-order valence-corrected chi connectivity index (χ1v) is 6.00. The predicted molar refractivity (Wildman–Crippen MR) is 53.0 cm³/mol. The van der Waals surface area contributed by atoms with Gasteiger partial charge in [0.25, 0.3) is 0 Å². The van der Waals surface area contributed by atoms with Gasteiger partial charge in [0, 0.05) is 12.0 Å². The van der Waals surface area contributed by atoms with Crippen LogP contribution in [0.4, 0.5) is 0 Å². The number of ether oxygens (including phenoxy) is 1. The van der Waals surface area contributed by atoms with Gasteiger partial charge >= 0.3 is 0 Å². The highest BCUT2D eigenvalue weighted by atomic mass is 35.5. The minimum Gasteiger partial charge on any atom is -0.375 e. The first-order chi connectivity index (χ1) is 6.28. The Morgan fingerprint density at radius 3 is 2.69 bits per heavy atom. The molecule has 1 aliphatic heterocycles. The van der Waals surface area contributed by atoms with Gasteiger partial charge in [-0.1, -0.05) is 0 Å². The second-order valence-corrected chi connectivity index (χ2v) is 5.70. The molecule has 4 unspecified atom stereocenters. The molecule has 0 aromatic rings. The highest BCUT2D eigenvalue weighted by Crippen LogP contribution is 2.56. The van der Waals surface area contributed by atoms with Gasteiger partial charge in [0.15, 0.2) is 0 Å². The van der Waals surface area contributed by atoms with Gasteiger partial charge in [-0.3, -0.25) is 0 Å². The molecule has 2 aliphatic carbocycles. The maximum absolute atomic E-state index is 6.24. The van der Waals surface area contributed by atoms with E-state index in [9.17, 15) is 0 Å². The Hall–Kier alpha value is 0.250. The Balaban J connectivity index is 1.81. The minimum atomic E-state index is 0.230. The van der Waals surface area contributed by atoms with E-state index in [1.165, 1.54) is 25.7 Å². The quantitative estimate of drug-likeness (QED) is 0.547. The van der Waals surface area contributed by atoms with Gasteiger partial charge in [0.1, 0.15) is 0 Å². The van der Waals surface area contributed by atoms with E-state index in [1.807, 2.05) is 0 Å². The van der Waals surface area contributed by atoms with Crippen LogP contribution in [0.3, 0.4) is 0 Å². The normalized spacial score (nSPS) is 54.7. The molecule has 2 heteroatoms. The van der Waals surface area contributed by atoms with Crippen molar-refractivity contribution < 1.29 is 4.74 Å². The van der Waals surface area contributed by atoms with E-state index < -0.39 is 0 Å². The first-order valence-electron chi connectivity index (χ1n) is 5.56. The summed E-state index contributed by atoms with van der Waals surface area (Å²) >= 11 is 6.24. The van der Waals surface area contributed by atoms with Crippen LogP contribution in [0.1, 0.15) is 38.5 Å². The summed E-state index contributed by atoms with van der Waals surface area (Å²) in [6.45, 7) is 0.900. The van der Waals surface area contributed by atoms with E-state index in [-0.39, 0.29) is 5.60 Å². The minimum absolute atomic E-state index is 0.230. The van der Waals surface area contributed by atoms with Gasteiger partial charge in [0.2, 0.25) is 0 Å². The largest absolute Gasteiger partial charge is 0.375 e. The van der Waals surface area contributed by atoms with Crippen LogP contribution in [-0.4, -0.2) is 17.6 Å². The molecule has 2 saturated carbocycles. The standard InChI is InChI=1S/C11H17ClO/c12-10-3-4-13-11(7-10)6-8-1-2-9(11)5-8/h8-10H,1-7H2.